The summed E-state index contributed by atoms with van der Waals surface area (Å²) in [6, 6.07) is 12.0. The molecule has 0 unspecified atom stereocenters. The minimum atomic E-state index is -0.269. The van der Waals surface area contributed by atoms with Gasteiger partial charge < -0.3 is 29.6 Å². The summed E-state index contributed by atoms with van der Waals surface area (Å²) >= 11 is 1.36. The third-order valence-corrected chi connectivity index (χ3v) is 7.04. The maximum Gasteiger partial charge on any atom is 0.271 e. The highest BCUT2D eigenvalue weighted by molar-refractivity contribution is 7.09. The molecule has 9 nitrogen and oxygen atoms in total. The van der Waals surface area contributed by atoms with E-state index in [1.54, 1.807) is 30.7 Å². The first kappa shape index (κ1) is 26.3. The molecular weight excluding hydrogens is 494 g/mol. The molecule has 1 saturated carbocycles. The van der Waals surface area contributed by atoms with Gasteiger partial charge in [-0.15, -0.1) is 11.3 Å². The predicted molar refractivity (Wildman–Crippen MR) is 140 cm³/mol. The molecule has 0 aliphatic heterocycles. The van der Waals surface area contributed by atoms with E-state index in [1.807, 2.05) is 24.3 Å². The Labute approximate surface area is 220 Å². The molecule has 10 heteroatoms. The Balaban J connectivity index is 1.37. The summed E-state index contributed by atoms with van der Waals surface area (Å²) in [7, 11) is 4.66. The SMILES string of the molecule is COc1cc(OC)cc(C(=O)N[C@@H]2CCCC[C@@H]2NC(=O)c2csc(COc3ccccc3OC)n2)c1. The van der Waals surface area contributed by atoms with Crippen LogP contribution in [0.1, 0.15) is 51.5 Å². The van der Waals surface area contributed by atoms with E-state index in [0.29, 0.717) is 39.3 Å². The topological polar surface area (TPSA) is 108 Å². The Morgan fingerprint density at radius 1 is 0.892 bits per heavy atom. The molecule has 1 aromatic heterocycles. The molecule has 196 valence electrons. The normalized spacial score (nSPS) is 16.9. The second-order valence-electron chi connectivity index (χ2n) is 8.61. The first-order valence-electron chi connectivity index (χ1n) is 12.1. The van der Waals surface area contributed by atoms with Gasteiger partial charge >= 0.3 is 0 Å². The fourth-order valence-corrected chi connectivity index (χ4v) is 4.95. The summed E-state index contributed by atoms with van der Waals surface area (Å²) in [6.45, 7) is 0.227. The van der Waals surface area contributed by atoms with Gasteiger partial charge in [-0.05, 0) is 37.1 Å². The van der Waals surface area contributed by atoms with Crippen LogP contribution in [0, 0.1) is 0 Å². The lowest BCUT2D eigenvalue weighted by molar-refractivity contribution is 0.0860. The van der Waals surface area contributed by atoms with Gasteiger partial charge in [-0.3, -0.25) is 9.59 Å². The lowest BCUT2D eigenvalue weighted by Gasteiger charge is -2.32. The monoisotopic (exact) mass is 525 g/mol. The van der Waals surface area contributed by atoms with E-state index in [0.717, 1.165) is 25.7 Å². The van der Waals surface area contributed by atoms with Crippen molar-refractivity contribution in [3.63, 3.8) is 0 Å². The van der Waals surface area contributed by atoms with Crippen LogP contribution in [0.3, 0.4) is 0 Å². The van der Waals surface area contributed by atoms with Gasteiger partial charge in [-0.2, -0.15) is 0 Å². The highest BCUT2D eigenvalue weighted by atomic mass is 32.1. The molecule has 1 fully saturated rings. The van der Waals surface area contributed by atoms with Gasteiger partial charge in [0.15, 0.2) is 11.5 Å². The number of methoxy groups -OCH3 is 3. The van der Waals surface area contributed by atoms with Crippen LogP contribution in [-0.2, 0) is 6.61 Å². The summed E-state index contributed by atoms with van der Waals surface area (Å²) in [6.07, 6.45) is 3.48. The highest BCUT2D eigenvalue weighted by Crippen LogP contribution is 2.27. The molecular formula is C27H31N3O6S. The van der Waals surface area contributed by atoms with Crippen molar-refractivity contribution in [2.24, 2.45) is 0 Å². The van der Waals surface area contributed by atoms with E-state index in [1.165, 1.54) is 25.6 Å². The van der Waals surface area contributed by atoms with Crippen LogP contribution in [-0.4, -0.2) is 50.2 Å². The van der Waals surface area contributed by atoms with Crippen molar-refractivity contribution in [3.05, 3.63) is 64.1 Å². The quantitative estimate of drug-likeness (QED) is 0.408. The van der Waals surface area contributed by atoms with Crippen LogP contribution < -0.4 is 29.6 Å². The molecule has 0 bridgehead atoms. The average molecular weight is 526 g/mol. The number of hydrogen-bond donors (Lipinski definition) is 2. The zero-order valence-corrected chi connectivity index (χ0v) is 21.9. The molecule has 4 rings (SSSR count). The van der Waals surface area contributed by atoms with Crippen molar-refractivity contribution < 1.29 is 28.5 Å². The number of nitrogens with zero attached hydrogens (tertiary/aromatic N) is 1. The van der Waals surface area contributed by atoms with Gasteiger partial charge in [0.2, 0.25) is 0 Å². The van der Waals surface area contributed by atoms with Crippen LogP contribution in [0.2, 0.25) is 0 Å². The third kappa shape index (κ3) is 6.71. The van der Waals surface area contributed by atoms with Gasteiger partial charge in [0.05, 0.1) is 21.3 Å². The van der Waals surface area contributed by atoms with Gasteiger partial charge in [0.25, 0.3) is 11.8 Å². The van der Waals surface area contributed by atoms with E-state index in [4.69, 9.17) is 18.9 Å². The van der Waals surface area contributed by atoms with Crippen molar-refractivity contribution in [3.8, 4) is 23.0 Å². The second-order valence-corrected chi connectivity index (χ2v) is 9.55. The van der Waals surface area contributed by atoms with Gasteiger partial charge in [-0.25, -0.2) is 4.98 Å². The van der Waals surface area contributed by atoms with E-state index in [-0.39, 0.29) is 30.5 Å². The fourth-order valence-electron chi connectivity index (χ4n) is 4.27. The van der Waals surface area contributed by atoms with Crippen LogP contribution in [0.25, 0.3) is 0 Å². The molecule has 1 aliphatic rings. The average Bonchev–Trinajstić information content (AvgIpc) is 3.42. The molecule has 2 atom stereocenters. The van der Waals surface area contributed by atoms with Crippen molar-refractivity contribution in [2.75, 3.05) is 21.3 Å². The van der Waals surface area contributed by atoms with Crippen LogP contribution in [0.4, 0.5) is 0 Å². The second kappa shape index (κ2) is 12.4. The molecule has 1 aliphatic carbocycles. The van der Waals surface area contributed by atoms with E-state index < -0.39 is 0 Å². The number of carbonyl (C=O) groups is 2. The van der Waals surface area contributed by atoms with Crippen molar-refractivity contribution >= 4 is 23.2 Å². The summed E-state index contributed by atoms with van der Waals surface area (Å²) in [5.41, 5.74) is 0.767. The maximum atomic E-state index is 13.0. The van der Waals surface area contributed by atoms with E-state index in [9.17, 15) is 9.59 Å². The molecule has 37 heavy (non-hydrogen) atoms. The van der Waals surface area contributed by atoms with Crippen molar-refractivity contribution in [2.45, 2.75) is 44.4 Å². The molecule has 1 heterocycles. The number of nitrogens with one attached hydrogen (secondary N) is 2. The molecule has 2 N–H and O–H groups in total. The first-order valence-corrected chi connectivity index (χ1v) is 12.9. The number of hydrogen-bond acceptors (Lipinski definition) is 8. The van der Waals surface area contributed by atoms with Crippen molar-refractivity contribution in [1.82, 2.24) is 15.6 Å². The van der Waals surface area contributed by atoms with Crippen LogP contribution in [0.15, 0.2) is 47.8 Å². The zero-order chi connectivity index (χ0) is 26.2. The minimum absolute atomic E-state index is 0.200. The number of aromatic nitrogens is 1. The van der Waals surface area contributed by atoms with Crippen LogP contribution in [0.5, 0.6) is 23.0 Å². The smallest absolute Gasteiger partial charge is 0.271 e. The predicted octanol–water partition coefficient (Wildman–Crippen LogP) is 4.22. The lowest BCUT2D eigenvalue weighted by Crippen LogP contribution is -2.53. The molecule has 0 saturated heterocycles. The Kier molecular flexibility index (Phi) is 8.84. The van der Waals surface area contributed by atoms with Crippen LogP contribution >= 0.6 is 11.3 Å². The molecule has 0 spiro atoms. The fraction of sp³-hybridized carbons (Fsp3) is 0.370. The minimum Gasteiger partial charge on any atom is -0.497 e. The Morgan fingerprint density at radius 2 is 1.51 bits per heavy atom. The molecule has 0 radical (unpaired) electrons. The standard InChI is InChI=1S/C27H31N3O6S/c1-33-18-12-17(13-19(14-18)34-2)26(31)29-20-8-4-5-9-21(20)30-27(32)22-16-37-25(28-22)15-36-24-11-7-6-10-23(24)35-3/h6-7,10-14,16,20-21H,4-5,8-9,15H2,1-3H3,(H,29,31)(H,30,32)/t20-,21+/m1/s1. The number of rotatable bonds is 10. The number of amides is 2. The number of thiazole rings is 1. The Bertz CT molecular complexity index is 1210. The largest absolute Gasteiger partial charge is 0.497 e. The number of carbonyl (C=O) groups excluding carboxylic acids is 2. The Hall–Kier alpha value is -3.79. The van der Waals surface area contributed by atoms with Gasteiger partial charge in [0, 0.05) is 29.1 Å². The van der Waals surface area contributed by atoms with Crippen molar-refractivity contribution in [1.29, 1.82) is 0 Å². The van der Waals surface area contributed by atoms with E-state index >= 15 is 0 Å². The summed E-state index contributed by atoms with van der Waals surface area (Å²) in [4.78, 5) is 30.5. The lowest BCUT2D eigenvalue weighted by atomic mass is 9.90. The maximum absolute atomic E-state index is 13.0. The molecule has 3 aromatic rings. The summed E-state index contributed by atoms with van der Waals surface area (Å²) < 4.78 is 21.7. The summed E-state index contributed by atoms with van der Waals surface area (Å²) in [5, 5.41) is 8.55. The van der Waals surface area contributed by atoms with Gasteiger partial charge in [-0.1, -0.05) is 25.0 Å². The zero-order valence-electron chi connectivity index (χ0n) is 21.1. The highest BCUT2D eigenvalue weighted by Gasteiger charge is 2.29. The molecule has 2 amide bonds. The Morgan fingerprint density at radius 3 is 2.14 bits per heavy atom. The summed E-state index contributed by atoms with van der Waals surface area (Å²) in [5.74, 6) is 1.80. The molecule has 2 aromatic carbocycles. The third-order valence-electron chi connectivity index (χ3n) is 6.22. The number of benzene rings is 2. The van der Waals surface area contributed by atoms with E-state index in [2.05, 4.69) is 15.6 Å². The first-order chi connectivity index (χ1) is 18.0. The van der Waals surface area contributed by atoms with Gasteiger partial charge in [0.1, 0.15) is 28.8 Å². The number of ether oxygens (including phenoxy) is 4. The number of para-hydroxylation sites is 2.